The molecule has 0 fully saturated rings. The second-order valence-corrected chi connectivity index (χ2v) is 9.93. The molecule has 2 atom stereocenters. The molecule has 6 nitrogen and oxygen atoms in total. The molecular weight excluding hydrogens is 525 g/mol. The fourth-order valence-electron chi connectivity index (χ4n) is 3.54. The Kier molecular flexibility index (Phi) is 8.04. The zero-order valence-electron chi connectivity index (χ0n) is 20.2. The lowest BCUT2D eigenvalue weighted by Crippen LogP contribution is -2.36. The molecule has 11 heteroatoms. The number of hydrogen-bond acceptors (Lipinski definition) is 5. The summed E-state index contributed by atoms with van der Waals surface area (Å²) in [5.41, 5.74) is -0.216. The van der Waals surface area contributed by atoms with Crippen LogP contribution in [0.4, 0.5) is 17.6 Å². The largest absolute Gasteiger partial charge is 0.513 e. The van der Waals surface area contributed by atoms with E-state index in [1.165, 1.54) is 13.0 Å². The van der Waals surface area contributed by atoms with Crippen LogP contribution in [0.15, 0.2) is 72.8 Å². The molecule has 1 unspecified atom stereocenters. The Morgan fingerprint density at radius 2 is 1.50 bits per heavy atom. The molecule has 0 heterocycles. The molecule has 0 aromatic heterocycles. The lowest BCUT2D eigenvalue weighted by molar-refractivity contribution is -0.146. The first-order valence-corrected chi connectivity index (χ1v) is 12.9. The standard InChI is InChI=1S/C27H22F4NO5P/c1-16-22(28)24(30)25(31)26(23(16)29)37-38(34,36-21-14-8-12-19-11-6-7-13-20(19)21)32-17(2)27(33)35-15-18-9-4-3-5-10-18/h3-14,17H,15H2,1-2H3,(H,32,34)/t17-,38?/m0/s1. The van der Waals surface area contributed by atoms with Crippen molar-refractivity contribution in [2.45, 2.75) is 26.5 Å². The molecular formula is C27H22F4NO5P. The normalized spacial score (nSPS) is 13.5. The van der Waals surface area contributed by atoms with Crippen LogP contribution in [0.1, 0.15) is 18.1 Å². The number of hydrogen-bond donors (Lipinski definition) is 1. The van der Waals surface area contributed by atoms with E-state index in [-0.39, 0.29) is 12.4 Å². The zero-order valence-corrected chi connectivity index (χ0v) is 21.1. The average molecular weight is 547 g/mol. The van der Waals surface area contributed by atoms with Crippen LogP contribution in [0.3, 0.4) is 0 Å². The first kappa shape index (κ1) is 27.2. The van der Waals surface area contributed by atoms with Crippen molar-refractivity contribution in [3.05, 3.63) is 107 Å². The molecule has 0 aliphatic heterocycles. The van der Waals surface area contributed by atoms with Crippen LogP contribution >= 0.6 is 7.75 Å². The fourth-order valence-corrected chi connectivity index (χ4v) is 5.08. The first-order chi connectivity index (χ1) is 18.1. The molecule has 0 bridgehead atoms. The highest BCUT2D eigenvalue weighted by atomic mass is 31.2. The van der Waals surface area contributed by atoms with Crippen LogP contribution in [0.2, 0.25) is 0 Å². The Morgan fingerprint density at radius 1 is 0.842 bits per heavy atom. The average Bonchev–Trinajstić information content (AvgIpc) is 2.92. The molecule has 1 N–H and O–H groups in total. The van der Waals surface area contributed by atoms with Crippen molar-refractivity contribution in [3.8, 4) is 11.5 Å². The minimum atomic E-state index is -4.90. The number of rotatable bonds is 9. The maximum atomic E-state index is 14.8. The number of ether oxygens (including phenoxy) is 1. The monoisotopic (exact) mass is 547 g/mol. The van der Waals surface area contributed by atoms with Gasteiger partial charge in [-0.25, -0.2) is 17.7 Å². The summed E-state index contributed by atoms with van der Waals surface area (Å²) in [5.74, 6) is -9.83. The molecule has 0 aliphatic rings. The number of fused-ring (bicyclic) bond motifs is 1. The Balaban J connectivity index is 1.67. The summed E-state index contributed by atoms with van der Waals surface area (Å²) in [6, 6.07) is 18.9. The van der Waals surface area contributed by atoms with Gasteiger partial charge in [-0.15, -0.1) is 0 Å². The quantitative estimate of drug-likeness (QED) is 0.0801. The Bertz CT molecular complexity index is 1500. The number of esters is 1. The summed E-state index contributed by atoms with van der Waals surface area (Å²) in [4.78, 5) is 12.6. The Labute approximate surface area is 215 Å². The van der Waals surface area contributed by atoms with Gasteiger partial charge in [-0.05, 0) is 30.9 Å². The maximum absolute atomic E-state index is 14.8. The van der Waals surface area contributed by atoms with E-state index in [2.05, 4.69) is 5.09 Å². The molecule has 4 aromatic carbocycles. The molecule has 4 aromatic rings. The number of carbonyl (C=O) groups is 1. The zero-order chi connectivity index (χ0) is 27.4. The molecule has 0 spiro atoms. The minimum Gasteiger partial charge on any atom is -0.460 e. The van der Waals surface area contributed by atoms with Crippen LogP contribution < -0.4 is 14.1 Å². The molecule has 0 amide bonds. The van der Waals surface area contributed by atoms with Gasteiger partial charge in [0, 0.05) is 10.9 Å². The third kappa shape index (κ3) is 5.82. The minimum absolute atomic E-state index is 0.0242. The van der Waals surface area contributed by atoms with Gasteiger partial charge in [-0.1, -0.05) is 66.7 Å². The summed E-state index contributed by atoms with van der Waals surface area (Å²) in [5, 5.41) is 3.42. The Hall–Kier alpha value is -3.88. The van der Waals surface area contributed by atoms with E-state index in [9.17, 15) is 26.9 Å². The summed E-state index contributed by atoms with van der Waals surface area (Å²) >= 11 is 0. The smallest absolute Gasteiger partial charge is 0.460 e. The van der Waals surface area contributed by atoms with Gasteiger partial charge in [0.05, 0.1) is 0 Å². The highest BCUT2D eigenvalue weighted by Gasteiger charge is 2.38. The van der Waals surface area contributed by atoms with E-state index in [4.69, 9.17) is 13.8 Å². The number of benzene rings is 4. The van der Waals surface area contributed by atoms with Crippen LogP contribution in [0.5, 0.6) is 11.5 Å². The second kappa shape index (κ2) is 11.2. The topological polar surface area (TPSA) is 73.9 Å². The third-order valence-corrected chi connectivity index (χ3v) is 7.11. The van der Waals surface area contributed by atoms with Crippen LogP contribution in [-0.4, -0.2) is 12.0 Å². The van der Waals surface area contributed by atoms with Crippen LogP contribution in [-0.2, 0) is 20.7 Å². The molecule has 4 rings (SSSR count). The second-order valence-electron chi connectivity index (χ2n) is 8.31. The van der Waals surface area contributed by atoms with Crippen LogP contribution in [0.25, 0.3) is 10.8 Å². The van der Waals surface area contributed by atoms with Crippen molar-refractivity contribution in [2.24, 2.45) is 0 Å². The van der Waals surface area contributed by atoms with Crippen molar-refractivity contribution in [2.75, 3.05) is 0 Å². The number of nitrogens with one attached hydrogen (secondary N) is 1. The molecule has 0 saturated carbocycles. The van der Waals surface area contributed by atoms with Gasteiger partial charge in [0.25, 0.3) is 0 Å². The lowest BCUT2D eigenvalue weighted by atomic mass is 10.1. The van der Waals surface area contributed by atoms with Crippen molar-refractivity contribution >= 4 is 24.5 Å². The lowest BCUT2D eigenvalue weighted by Gasteiger charge is -2.24. The van der Waals surface area contributed by atoms with E-state index in [0.29, 0.717) is 16.3 Å². The van der Waals surface area contributed by atoms with Gasteiger partial charge in [-0.2, -0.15) is 9.48 Å². The fraction of sp³-hybridized carbons (Fsp3) is 0.148. The van der Waals surface area contributed by atoms with E-state index in [0.717, 1.165) is 6.92 Å². The van der Waals surface area contributed by atoms with Gasteiger partial charge in [0.15, 0.2) is 17.5 Å². The summed E-state index contributed by atoms with van der Waals surface area (Å²) < 4.78 is 87.0. The number of halogens is 4. The highest BCUT2D eigenvalue weighted by Crippen LogP contribution is 2.49. The third-order valence-electron chi connectivity index (χ3n) is 5.55. The van der Waals surface area contributed by atoms with Crippen molar-refractivity contribution in [1.29, 1.82) is 0 Å². The van der Waals surface area contributed by atoms with E-state index in [1.807, 2.05) is 0 Å². The van der Waals surface area contributed by atoms with Crippen molar-refractivity contribution in [3.63, 3.8) is 0 Å². The van der Waals surface area contributed by atoms with Crippen molar-refractivity contribution < 1.29 is 40.7 Å². The molecule has 0 aliphatic carbocycles. The highest BCUT2D eigenvalue weighted by molar-refractivity contribution is 7.52. The van der Waals surface area contributed by atoms with Gasteiger partial charge in [-0.3, -0.25) is 4.79 Å². The molecule has 38 heavy (non-hydrogen) atoms. The Morgan fingerprint density at radius 3 is 2.24 bits per heavy atom. The van der Waals surface area contributed by atoms with E-state index >= 15 is 0 Å². The molecule has 198 valence electrons. The summed E-state index contributed by atoms with van der Waals surface area (Å²) in [7, 11) is -4.90. The van der Waals surface area contributed by atoms with Gasteiger partial charge in [0.2, 0.25) is 11.6 Å². The predicted molar refractivity (Wildman–Crippen MR) is 133 cm³/mol. The van der Waals surface area contributed by atoms with Gasteiger partial charge < -0.3 is 13.8 Å². The van der Waals surface area contributed by atoms with Gasteiger partial charge in [0.1, 0.15) is 18.4 Å². The van der Waals surface area contributed by atoms with Crippen molar-refractivity contribution in [1.82, 2.24) is 5.09 Å². The maximum Gasteiger partial charge on any atom is 0.513 e. The van der Waals surface area contributed by atoms with E-state index in [1.54, 1.807) is 66.7 Å². The summed E-state index contributed by atoms with van der Waals surface area (Å²) in [6.45, 7) is 2.01. The van der Waals surface area contributed by atoms with E-state index < -0.39 is 54.3 Å². The van der Waals surface area contributed by atoms with Crippen LogP contribution in [0, 0.1) is 30.2 Å². The summed E-state index contributed by atoms with van der Waals surface area (Å²) in [6.07, 6.45) is 0. The first-order valence-electron chi connectivity index (χ1n) is 11.4. The molecule has 0 radical (unpaired) electrons. The molecule has 0 saturated heterocycles. The predicted octanol–water partition coefficient (Wildman–Crippen LogP) is 6.99. The van der Waals surface area contributed by atoms with Gasteiger partial charge >= 0.3 is 13.7 Å². The number of carbonyl (C=O) groups excluding carboxylic acids is 1. The SMILES string of the molecule is Cc1c(F)c(F)c(F)c(OP(=O)(N[C@@H](C)C(=O)OCc2ccccc2)Oc2cccc3ccccc23)c1F.